The molecule has 0 aliphatic heterocycles. The van der Waals surface area contributed by atoms with E-state index in [9.17, 15) is 4.79 Å². The molecule has 0 aliphatic rings. The Morgan fingerprint density at radius 1 is 1.22 bits per heavy atom. The lowest BCUT2D eigenvalue weighted by atomic mass is 10.1. The lowest BCUT2D eigenvalue weighted by Crippen LogP contribution is -2.19. The third-order valence-electron chi connectivity index (χ3n) is 3.65. The molecule has 2 aromatic rings. The van der Waals surface area contributed by atoms with E-state index in [2.05, 4.69) is 24.4 Å². The summed E-state index contributed by atoms with van der Waals surface area (Å²) in [4.78, 5) is 12.1. The van der Waals surface area contributed by atoms with Gasteiger partial charge in [0.15, 0.2) is 0 Å². The first-order valence-corrected chi connectivity index (χ1v) is 7.97. The summed E-state index contributed by atoms with van der Waals surface area (Å²) in [6.07, 6.45) is 1.95. The van der Waals surface area contributed by atoms with Gasteiger partial charge in [-0.3, -0.25) is 0 Å². The van der Waals surface area contributed by atoms with Crippen molar-refractivity contribution in [1.29, 1.82) is 0 Å². The Bertz CT molecular complexity index is 641. The third kappa shape index (κ3) is 5.02. The topological polar surface area (TPSA) is 64.3 Å². The quantitative estimate of drug-likeness (QED) is 0.601. The molecule has 0 radical (unpaired) electrons. The second-order valence-corrected chi connectivity index (χ2v) is 5.60. The Kier molecular flexibility index (Phi) is 6.03. The van der Waals surface area contributed by atoms with Crippen molar-refractivity contribution in [3.8, 4) is 0 Å². The van der Waals surface area contributed by atoms with E-state index in [1.54, 1.807) is 19.1 Å². The first-order chi connectivity index (χ1) is 11.1. The number of carbonyl (C=O) groups excluding carboxylic acids is 1. The lowest BCUT2D eigenvalue weighted by Gasteiger charge is -2.18. The van der Waals surface area contributed by atoms with E-state index in [0.29, 0.717) is 17.9 Å². The number of benzene rings is 2. The summed E-state index contributed by atoms with van der Waals surface area (Å²) in [6.45, 7) is 4.24. The van der Waals surface area contributed by atoms with E-state index < -0.39 is 0 Å². The van der Waals surface area contributed by atoms with Crippen LogP contribution >= 0.6 is 0 Å². The fourth-order valence-electron chi connectivity index (χ4n) is 2.43. The summed E-state index contributed by atoms with van der Waals surface area (Å²) in [5, 5.41) is 3.39. The van der Waals surface area contributed by atoms with Crippen LogP contribution in [0.1, 0.15) is 36.2 Å². The molecule has 0 unspecified atom stereocenters. The van der Waals surface area contributed by atoms with Gasteiger partial charge in [0.25, 0.3) is 0 Å². The van der Waals surface area contributed by atoms with Gasteiger partial charge in [0.2, 0.25) is 0 Å². The molecule has 0 bridgehead atoms. The van der Waals surface area contributed by atoms with Crippen LogP contribution in [0.4, 0.5) is 11.4 Å². The van der Waals surface area contributed by atoms with Crippen LogP contribution in [-0.2, 0) is 11.2 Å². The fraction of sp³-hybridized carbons (Fsp3) is 0.316. The largest absolute Gasteiger partial charge is 0.462 e. The molecule has 1 atom stereocenters. The maximum absolute atomic E-state index is 12.1. The molecule has 0 heterocycles. The van der Waals surface area contributed by atoms with Gasteiger partial charge >= 0.3 is 5.97 Å². The average Bonchev–Trinajstić information content (AvgIpc) is 2.56. The van der Waals surface area contributed by atoms with Crippen molar-refractivity contribution < 1.29 is 9.53 Å². The first-order valence-electron chi connectivity index (χ1n) is 7.97. The van der Waals surface area contributed by atoms with E-state index in [1.807, 2.05) is 24.3 Å². The smallest absolute Gasteiger partial charge is 0.340 e. The van der Waals surface area contributed by atoms with Crippen molar-refractivity contribution in [1.82, 2.24) is 0 Å². The van der Waals surface area contributed by atoms with Crippen molar-refractivity contribution in [2.75, 3.05) is 17.7 Å². The van der Waals surface area contributed by atoms with Crippen LogP contribution in [0.25, 0.3) is 0 Å². The number of nitrogens with one attached hydrogen (secondary N) is 1. The SMILES string of the molecule is CCOC(=O)c1cc(N)ccc1N[C@@H](C)CCc1ccccc1. The van der Waals surface area contributed by atoms with Crippen molar-refractivity contribution in [2.24, 2.45) is 0 Å². The Labute approximate surface area is 137 Å². The predicted molar refractivity (Wildman–Crippen MR) is 94.7 cm³/mol. The summed E-state index contributed by atoms with van der Waals surface area (Å²) in [5.41, 5.74) is 8.90. The summed E-state index contributed by atoms with van der Waals surface area (Å²) in [6, 6.07) is 15.9. The molecule has 0 aliphatic carbocycles. The van der Waals surface area contributed by atoms with Gasteiger partial charge in [0, 0.05) is 17.4 Å². The minimum atomic E-state index is -0.349. The molecule has 0 saturated carbocycles. The molecule has 23 heavy (non-hydrogen) atoms. The number of nitrogens with two attached hydrogens (primary N) is 1. The highest BCUT2D eigenvalue weighted by atomic mass is 16.5. The normalized spacial score (nSPS) is 11.7. The first kappa shape index (κ1) is 16.9. The molecule has 4 heteroatoms. The van der Waals surface area contributed by atoms with E-state index in [0.717, 1.165) is 18.5 Å². The zero-order valence-electron chi connectivity index (χ0n) is 13.7. The van der Waals surface area contributed by atoms with Gasteiger partial charge in [0.05, 0.1) is 12.2 Å². The molecule has 3 N–H and O–H groups in total. The lowest BCUT2D eigenvalue weighted by molar-refractivity contribution is 0.0527. The van der Waals surface area contributed by atoms with Crippen LogP contribution in [-0.4, -0.2) is 18.6 Å². The van der Waals surface area contributed by atoms with Crippen LogP contribution in [0.3, 0.4) is 0 Å². The van der Waals surface area contributed by atoms with Crippen LogP contribution in [0.2, 0.25) is 0 Å². The fourth-order valence-corrected chi connectivity index (χ4v) is 2.43. The predicted octanol–water partition coefficient (Wildman–Crippen LogP) is 3.88. The van der Waals surface area contributed by atoms with Crippen LogP contribution in [0, 0.1) is 0 Å². The highest BCUT2D eigenvalue weighted by Crippen LogP contribution is 2.22. The second kappa shape index (κ2) is 8.22. The van der Waals surface area contributed by atoms with Crippen LogP contribution < -0.4 is 11.1 Å². The van der Waals surface area contributed by atoms with Crippen LogP contribution in [0.5, 0.6) is 0 Å². The van der Waals surface area contributed by atoms with Gasteiger partial charge in [-0.1, -0.05) is 30.3 Å². The van der Waals surface area contributed by atoms with Gasteiger partial charge in [-0.05, 0) is 50.5 Å². The Balaban J connectivity index is 2.02. The number of anilines is 2. The maximum atomic E-state index is 12.1. The summed E-state index contributed by atoms with van der Waals surface area (Å²) in [7, 11) is 0. The van der Waals surface area contributed by atoms with Gasteiger partial charge < -0.3 is 15.8 Å². The number of ether oxygens (including phenoxy) is 1. The molecule has 0 saturated heterocycles. The molecule has 0 spiro atoms. The molecule has 4 nitrogen and oxygen atoms in total. The standard InChI is InChI=1S/C19H24N2O2/c1-3-23-19(22)17-13-16(20)11-12-18(17)21-14(2)9-10-15-7-5-4-6-8-15/h4-8,11-14,21H,3,9-10,20H2,1-2H3/t14-/m0/s1. The molecular formula is C19H24N2O2. The van der Waals surface area contributed by atoms with Crippen LogP contribution in [0.15, 0.2) is 48.5 Å². The van der Waals surface area contributed by atoms with E-state index in [1.165, 1.54) is 5.56 Å². The number of aryl methyl sites for hydroxylation is 1. The summed E-state index contributed by atoms with van der Waals surface area (Å²) < 4.78 is 5.10. The molecule has 0 amide bonds. The number of hydrogen-bond acceptors (Lipinski definition) is 4. The Morgan fingerprint density at radius 3 is 2.65 bits per heavy atom. The zero-order valence-corrected chi connectivity index (χ0v) is 13.7. The minimum absolute atomic E-state index is 0.229. The van der Waals surface area contributed by atoms with Crippen molar-refractivity contribution in [3.05, 3.63) is 59.7 Å². The molecule has 0 aromatic heterocycles. The number of esters is 1. The summed E-state index contributed by atoms with van der Waals surface area (Å²) in [5.74, 6) is -0.349. The number of rotatable bonds is 7. The van der Waals surface area contributed by atoms with Gasteiger partial charge in [0.1, 0.15) is 0 Å². The average molecular weight is 312 g/mol. The number of carbonyl (C=O) groups is 1. The molecule has 2 aromatic carbocycles. The van der Waals surface area contributed by atoms with Crippen molar-refractivity contribution in [2.45, 2.75) is 32.7 Å². The van der Waals surface area contributed by atoms with E-state index >= 15 is 0 Å². The molecule has 2 rings (SSSR count). The number of nitrogen functional groups attached to an aromatic ring is 1. The minimum Gasteiger partial charge on any atom is -0.462 e. The van der Waals surface area contributed by atoms with Gasteiger partial charge in [-0.15, -0.1) is 0 Å². The molecule has 122 valence electrons. The summed E-state index contributed by atoms with van der Waals surface area (Å²) >= 11 is 0. The number of hydrogen-bond donors (Lipinski definition) is 2. The third-order valence-corrected chi connectivity index (χ3v) is 3.65. The van der Waals surface area contributed by atoms with Gasteiger partial charge in [-0.2, -0.15) is 0 Å². The maximum Gasteiger partial charge on any atom is 0.340 e. The zero-order chi connectivity index (χ0) is 16.7. The molecular weight excluding hydrogens is 288 g/mol. The molecule has 0 fully saturated rings. The van der Waals surface area contributed by atoms with Crippen molar-refractivity contribution >= 4 is 17.3 Å². The monoisotopic (exact) mass is 312 g/mol. The Morgan fingerprint density at radius 2 is 1.96 bits per heavy atom. The highest BCUT2D eigenvalue weighted by Gasteiger charge is 2.14. The van der Waals surface area contributed by atoms with Crippen molar-refractivity contribution in [3.63, 3.8) is 0 Å². The van der Waals surface area contributed by atoms with Gasteiger partial charge in [-0.25, -0.2) is 4.79 Å². The van der Waals surface area contributed by atoms with E-state index in [4.69, 9.17) is 10.5 Å². The van der Waals surface area contributed by atoms with E-state index in [-0.39, 0.29) is 12.0 Å². The Hall–Kier alpha value is -2.49. The second-order valence-electron chi connectivity index (χ2n) is 5.60. The highest BCUT2D eigenvalue weighted by molar-refractivity contribution is 5.96.